The van der Waals surface area contributed by atoms with Gasteiger partial charge in [-0.3, -0.25) is 9.59 Å². The minimum absolute atomic E-state index is 0.354. The monoisotopic (exact) mass is 274 g/mol. The van der Waals surface area contributed by atoms with Crippen molar-refractivity contribution in [2.45, 2.75) is 19.9 Å². The van der Waals surface area contributed by atoms with E-state index in [2.05, 4.69) is 5.32 Å². The van der Waals surface area contributed by atoms with Gasteiger partial charge in [0.15, 0.2) is 0 Å². The number of halogens is 3. The topological polar surface area (TPSA) is 72.2 Å². The van der Waals surface area contributed by atoms with Crippen molar-refractivity contribution < 1.29 is 22.8 Å². The van der Waals surface area contributed by atoms with Gasteiger partial charge in [-0.05, 0) is 5.92 Å². The van der Waals surface area contributed by atoms with Gasteiger partial charge in [0.1, 0.15) is 29.1 Å². The molecule has 0 unspecified atom stereocenters. The molecule has 0 bridgehead atoms. The highest BCUT2D eigenvalue weighted by Crippen LogP contribution is 2.15. The van der Waals surface area contributed by atoms with Crippen LogP contribution in [0.15, 0.2) is 12.1 Å². The largest absolute Gasteiger partial charge is 0.368 e. The maximum Gasteiger partial charge on any atom is 0.257 e. The molecule has 2 amide bonds. The summed E-state index contributed by atoms with van der Waals surface area (Å²) in [5, 5.41) is 2.12. The lowest BCUT2D eigenvalue weighted by atomic mass is 10.0. The molecule has 0 heterocycles. The zero-order valence-electron chi connectivity index (χ0n) is 10.3. The molecule has 0 aliphatic carbocycles. The molecule has 0 aliphatic rings. The molecular formula is C12H13F3N2O2. The lowest BCUT2D eigenvalue weighted by Gasteiger charge is -2.19. The van der Waals surface area contributed by atoms with Crippen LogP contribution in [0.25, 0.3) is 0 Å². The average Bonchev–Trinajstić information content (AvgIpc) is 2.23. The van der Waals surface area contributed by atoms with E-state index in [9.17, 15) is 22.8 Å². The Hall–Kier alpha value is -2.05. The molecule has 0 radical (unpaired) electrons. The van der Waals surface area contributed by atoms with Crippen molar-refractivity contribution in [3.63, 3.8) is 0 Å². The van der Waals surface area contributed by atoms with E-state index in [4.69, 9.17) is 5.73 Å². The summed E-state index contributed by atoms with van der Waals surface area (Å²) in [5.41, 5.74) is 4.11. The van der Waals surface area contributed by atoms with Crippen molar-refractivity contribution in [1.82, 2.24) is 5.32 Å². The average molecular weight is 274 g/mol. The van der Waals surface area contributed by atoms with Gasteiger partial charge in [-0.15, -0.1) is 0 Å². The smallest absolute Gasteiger partial charge is 0.257 e. The van der Waals surface area contributed by atoms with Crippen LogP contribution >= 0.6 is 0 Å². The van der Waals surface area contributed by atoms with E-state index in [0.717, 1.165) is 0 Å². The number of nitrogens with two attached hydrogens (primary N) is 1. The van der Waals surface area contributed by atoms with E-state index in [-0.39, 0.29) is 5.92 Å². The number of hydrogen-bond acceptors (Lipinski definition) is 2. The van der Waals surface area contributed by atoms with Gasteiger partial charge in [-0.1, -0.05) is 13.8 Å². The molecule has 1 aromatic carbocycles. The fraction of sp³-hybridized carbons (Fsp3) is 0.333. The van der Waals surface area contributed by atoms with Crippen LogP contribution in [0.1, 0.15) is 24.2 Å². The third-order valence-electron chi connectivity index (χ3n) is 2.49. The quantitative estimate of drug-likeness (QED) is 0.869. The van der Waals surface area contributed by atoms with Crippen LogP contribution in [0.5, 0.6) is 0 Å². The van der Waals surface area contributed by atoms with Gasteiger partial charge < -0.3 is 11.1 Å². The van der Waals surface area contributed by atoms with Gasteiger partial charge in [-0.2, -0.15) is 0 Å². The molecule has 0 fully saturated rings. The van der Waals surface area contributed by atoms with Gasteiger partial charge in [0, 0.05) is 12.1 Å². The van der Waals surface area contributed by atoms with Crippen molar-refractivity contribution in [2.24, 2.45) is 11.7 Å². The zero-order valence-corrected chi connectivity index (χ0v) is 10.3. The van der Waals surface area contributed by atoms with E-state index < -0.39 is 40.9 Å². The number of hydrogen-bond donors (Lipinski definition) is 2. The number of carbonyl (C=O) groups is 2. The number of benzene rings is 1. The van der Waals surface area contributed by atoms with Gasteiger partial charge >= 0.3 is 0 Å². The van der Waals surface area contributed by atoms with Crippen LogP contribution in [-0.2, 0) is 4.79 Å². The number of nitrogens with one attached hydrogen (secondary N) is 1. The van der Waals surface area contributed by atoms with E-state index >= 15 is 0 Å². The molecule has 0 saturated heterocycles. The Morgan fingerprint density at radius 3 is 2.00 bits per heavy atom. The summed E-state index contributed by atoms with van der Waals surface area (Å²) < 4.78 is 39.4. The molecule has 0 saturated carbocycles. The van der Waals surface area contributed by atoms with Gasteiger partial charge in [-0.25, -0.2) is 13.2 Å². The van der Waals surface area contributed by atoms with Crippen molar-refractivity contribution in [2.75, 3.05) is 0 Å². The SMILES string of the molecule is CC(C)[C@H](NC(=O)c1c(F)cc(F)cc1F)C(N)=O. The van der Waals surface area contributed by atoms with Crippen LogP contribution in [0.3, 0.4) is 0 Å². The predicted molar refractivity (Wildman–Crippen MR) is 61.6 cm³/mol. The predicted octanol–water partition coefficient (Wildman–Crippen LogP) is 1.34. The highest BCUT2D eigenvalue weighted by atomic mass is 19.1. The number of rotatable bonds is 4. The lowest BCUT2D eigenvalue weighted by molar-refractivity contribution is -0.120. The molecular weight excluding hydrogens is 261 g/mol. The molecule has 1 atom stereocenters. The van der Waals surface area contributed by atoms with E-state index in [1.54, 1.807) is 13.8 Å². The fourth-order valence-corrected chi connectivity index (χ4v) is 1.54. The lowest BCUT2D eigenvalue weighted by Crippen LogP contribution is -2.48. The van der Waals surface area contributed by atoms with Crippen LogP contribution < -0.4 is 11.1 Å². The van der Waals surface area contributed by atoms with Crippen molar-refractivity contribution >= 4 is 11.8 Å². The normalized spacial score (nSPS) is 12.3. The molecule has 1 aromatic rings. The molecule has 19 heavy (non-hydrogen) atoms. The first-order valence-corrected chi connectivity index (χ1v) is 5.48. The molecule has 1 rings (SSSR count). The molecule has 0 aliphatic heterocycles. The molecule has 0 aromatic heterocycles. The first-order valence-electron chi connectivity index (χ1n) is 5.48. The molecule has 3 N–H and O–H groups in total. The van der Waals surface area contributed by atoms with E-state index in [1.807, 2.05) is 0 Å². The Labute approximate surface area is 107 Å². The number of amides is 2. The van der Waals surface area contributed by atoms with Crippen LogP contribution in [0.2, 0.25) is 0 Å². The Bertz CT molecular complexity index is 495. The maximum atomic E-state index is 13.4. The van der Waals surface area contributed by atoms with E-state index in [1.165, 1.54) is 0 Å². The zero-order chi connectivity index (χ0) is 14.7. The first kappa shape index (κ1) is 15.0. The van der Waals surface area contributed by atoms with Crippen LogP contribution in [0, 0.1) is 23.4 Å². The summed E-state index contributed by atoms with van der Waals surface area (Å²) in [5.74, 6) is -6.17. The first-order chi connectivity index (χ1) is 8.73. The second kappa shape index (κ2) is 5.73. The van der Waals surface area contributed by atoms with Gasteiger partial charge in [0.05, 0.1) is 0 Å². The molecule has 0 spiro atoms. The second-order valence-corrected chi connectivity index (χ2v) is 4.34. The summed E-state index contributed by atoms with van der Waals surface area (Å²) in [4.78, 5) is 22.8. The van der Waals surface area contributed by atoms with Crippen molar-refractivity contribution in [1.29, 1.82) is 0 Å². The standard InChI is InChI=1S/C12H13F3N2O2/c1-5(2)10(11(16)18)17-12(19)9-7(14)3-6(13)4-8(9)15/h3-5,10H,1-2H3,(H2,16,18)(H,17,19)/t10-/m0/s1. The van der Waals surface area contributed by atoms with Crippen molar-refractivity contribution in [3.8, 4) is 0 Å². The Morgan fingerprint density at radius 2 is 1.63 bits per heavy atom. The van der Waals surface area contributed by atoms with Crippen LogP contribution in [-0.4, -0.2) is 17.9 Å². The number of primary amides is 1. The van der Waals surface area contributed by atoms with Crippen molar-refractivity contribution in [3.05, 3.63) is 35.1 Å². The van der Waals surface area contributed by atoms with Gasteiger partial charge in [0.2, 0.25) is 5.91 Å². The highest BCUT2D eigenvalue weighted by molar-refractivity contribution is 5.97. The third kappa shape index (κ3) is 3.46. The second-order valence-electron chi connectivity index (χ2n) is 4.34. The Kier molecular flexibility index (Phi) is 4.52. The highest BCUT2D eigenvalue weighted by Gasteiger charge is 2.26. The molecule has 104 valence electrons. The third-order valence-corrected chi connectivity index (χ3v) is 2.49. The minimum atomic E-state index is -1.35. The maximum absolute atomic E-state index is 13.4. The summed E-state index contributed by atoms with van der Waals surface area (Å²) in [6.07, 6.45) is 0. The van der Waals surface area contributed by atoms with Gasteiger partial charge in [0.25, 0.3) is 5.91 Å². The minimum Gasteiger partial charge on any atom is -0.368 e. The summed E-state index contributed by atoms with van der Waals surface area (Å²) in [6.45, 7) is 3.21. The van der Waals surface area contributed by atoms with E-state index in [0.29, 0.717) is 12.1 Å². The Morgan fingerprint density at radius 1 is 1.16 bits per heavy atom. The molecule has 7 heteroatoms. The fourth-order valence-electron chi connectivity index (χ4n) is 1.54. The Balaban J connectivity index is 3.05. The van der Waals surface area contributed by atoms with Crippen LogP contribution in [0.4, 0.5) is 13.2 Å². The summed E-state index contributed by atoms with van der Waals surface area (Å²) >= 11 is 0. The number of carbonyl (C=O) groups excluding carboxylic acids is 2. The summed E-state index contributed by atoms with van der Waals surface area (Å²) in [7, 11) is 0. The summed E-state index contributed by atoms with van der Waals surface area (Å²) in [6, 6.07) is -0.310. The molecule has 4 nitrogen and oxygen atoms in total.